The molecule has 26 heavy (non-hydrogen) atoms. The van der Waals surface area contributed by atoms with Gasteiger partial charge in [0, 0.05) is 20.1 Å². The Labute approximate surface area is 156 Å². The summed E-state index contributed by atoms with van der Waals surface area (Å²) < 4.78 is 30.5. The molecule has 0 unspecified atom stereocenters. The number of nitrogens with zero attached hydrogens (tertiary/aromatic N) is 2. The Morgan fingerprint density at radius 2 is 2.04 bits per heavy atom. The van der Waals surface area contributed by atoms with E-state index in [1.165, 1.54) is 45.0 Å². The first kappa shape index (κ1) is 20.5. The van der Waals surface area contributed by atoms with Crippen LogP contribution in [0.1, 0.15) is 31.2 Å². The van der Waals surface area contributed by atoms with Crippen LogP contribution in [0.25, 0.3) is 0 Å². The SMILES string of the molecule is CN=C(NCCCOc1cccc(CN2CCCCC2)c1)NS(C)(=O)=O. The summed E-state index contributed by atoms with van der Waals surface area (Å²) in [5, 5.41) is 2.95. The fraction of sp³-hybridized carbons (Fsp3) is 0.611. The summed E-state index contributed by atoms with van der Waals surface area (Å²) in [6, 6.07) is 8.25. The lowest BCUT2D eigenvalue weighted by Crippen LogP contribution is -2.40. The van der Waals surface area contributed by atoms with Crippen LogP contribution in [0.2, 0.25) is 0 Å². The molecule has 1 saturated heterocycles. The van der Waals surface area contributed by atoms with Gasteiger partial charge in [0.2, 0.25) is 16.0 Å². The van der Waals surface area contributed by atoms with Crippen LogP contribution < -0.4 is 14.8 Å². The number of hydrogen-bond acceptors (Lipinski definition) is 5. The highest BCUT2D eigenvalue weighted by Gasteiger charge is 2.10. The van der Waals surface area contributed by atoms with Crippen molar-refractivity contribution in [3.05, 3.63) is 29.8 Å². The minimum atomic E-state index is -3.32. The van der Waals surface area contributed by atoms with Gasteiger partial charge in [-0.05, 0) is 50.0 Å². The van der Waals surface area contributed by atoms with Gasteiger partial charge in [0.05, 0.1) is 12.9 Å². The number of benzene rings is 1. The normalized spacial score (nSPS) is 16.3. The number of sulfonamides is 1. The van der Waals surface area contributed by atoms with Crippen molar-refractivity contribution < 1.29 is 13.2 Å². The van der Waals surface area contributed by atoms with Gasteiger partial charge in [-0.1, -0.05) is 18.6 Å². The second-order valence-corrected chi connectivity index (χ2v) is 8.31. The Hall–Kier alpha value is -1.80. The van der Waals surface area contributed by atoms with Gasteiger partial charge in [-0.3, -0.25) is 14.6 Å². The maximum Gasteiger partial charge on any atom is 0.232 e. The predicted octanol–water partition coefficient (Wildman–Crippen LogP) is 1.57. The Kier molecular flexibility index (Phi) is 8.18. The van der Waals surface area contributed by atoms with Crippen molar-refractivity contribution in [3.63, 3.8) is 0 Å². The van der Waals surface area contributed by atoms with Crippen LogP contribution in [0.3, 0.4) is 0 Å². The van der Waals surface area contributed by atoms with Crippen molar-refractivity contribution in [2.75, 3.05) is 39.5 Å². The first-order valence-corrected chi connectivity index (χ1v) is 11.0. The van der Waals surface area contributed by atoms with Crippen molar-refractivity contribution in [2.24, 2.45) is 4.99 Å². The number of aliphatic imine (C=N–C) groups is 1. The summed E-state index contributed by atoms with van der Waals surface area (Å²) in [5.41, 5.74) is 1.28. The fourth-order valence-electron chi connectivity index (χ4n) is 2.91. The first-order valence-electron chi connectivity index (χ1n) is 9.09. The predicted molar refractivity (Wildman–Crippen MR) is 105 cm³/mol. The van der Waals surface area contributed by atoms with E-state index >= 15 is 0 Å². The van der Waals surface area contributed by atoms with Crippen LogP contribution in [0.5, 0.6) is 5.75 Å². The number of rotatable bonds is 8. The maximum atomic E-state index is 11.2. The molecule has 1 aromatic rings. The van der Waals surface area contributed by atoms with Gasteiger partial charge in [-0.2, -0.15) is 0 Å². The van der Waals surface area contributed by atoms with E-state index in [9.17, 15) is 8.42 Å². The highest BCUT2D eigenvalue weighted by atomic mass is 32.2. The minimum absolute atomic E-state index is 0.246. The zero-order valence-corrected chi connectivity index (χ0v) is 16.5. The standard InChI is InChI=1S/C18H30N4O3S/c1-19-18(21-26(2,23)24)20-10-7-13-25-17-9-6-8-16(14-17)15-22-11-4-3-5-12-22/h6,8-9,14H,3-5,7,10-13,15H2,1-2H3,(H2,19,20,21). The van der Waals surface area contributed by atoms with Crippen molar-refractivity contribution in [1.82, 2.24) is 14.9 Å². The number of piperidine rings is 1. The van der Waals surface area contributed by atoms with E-state index in [2.05, 4.69) is 32.1 Å². The van der Waals surface area contributed by atoms with Crippen molar-refractivity contribution in [1.29, 1.82) is 0 Å². The molecule has 0 spiro atoms. The van der Waals surface area contributed by atoms with Crippen LogP contribution in [-0.2, 0) is 16.6 Å². The number of ether oxygens (including phenoxy) is 1. The second kappa shape index (κ2) is 10.4. The Morgan fingerprint density at radius 1 is 1.27 bits per heavy atom. The van der Waals surface area contributed by atoms with Crippen molar-refractivity contribution >= 4 is 16.0 Å². The highest BCUT2D eigenvalue weighted by Crippen LogP contribution is 2.17. The molecule has 1 aromatic carbocycles. The molecule has 0 amide bonds. The molecule has 0 saturated carbocycles. The molecule has 2 N–H and O–H groups in total. The van der Waals surface area contributed by atoms with Crippen LogP contribution in [0.4, 0.5) is 0 Å². The molecule has 0 aromatic heterocycles. The van der Waals surface area contributed by atoms with Gasteiger partial charge in [0.25, 0.3) is 0 Å². The van der Waals surface area contributed by atoms with Gasteiger partial charge >= 0.3 is 0 Å². The summed E-state index contributed by atoms with van der Waals surface area (Å²) >= 11 is 0. The van der Waals surface area contributed by atoms with E-state index in [4.69, 9.17) is 4.74 Å². The third-order valence-corrected chi connectivity index (χ3v) is 4.71. The van der Waals surface area contributed by atoms with Crippen molar-refractivity contribution in [2.45, 2.75) is 32.2 Å². The third-order valence-electron chi connectivity index (χ3n) is 4.14. The Morgan fingerprint density at radius 3 is 2.73 bits per heavy atom. The molecule has 2 rings (SSSR count). The number of nitrogens with one attached hydrogen (secondary N) is 2. The van der Waals surface area contributed by atoms with E-state index < -0.39 is 10.0 Å². The molecule has 0 atom stereocenters. The van der Waals surface area contributed by atoms with Gasteiger partial charge in [-0.15, -0.1) is 0 Å². The molecule has 0 aliphatic carbocycles. The maximum absolute atomic E-state index is 11.2. The highest BCUT2D eigenvalue weighted by molar-refractivity contribution is 7.89. The lowest BCUT2D eigenvalue weighted by molar-refractivity contribution is 0.220. The molecule has 8 heteroatoms. The molecular weight excluding hydrogens is 352 g/mol. The molecule has 1 aliphatic rings. The summed E-state index contributed by atoms with van der Waals surface area (Å²) in [6.45, 7) is 4.46. The first-order chi connectivity index (χ1) is 12.5. The van der Waals surface area contributed by atoms with E-state index in [1.54, 1.807) is 0 Å². The molecule has 0 radical (unpaired) electrons. The van der Waals surface area contributed by atoms with E-state index in [0.29, 0.717) is 13.2 Å². The monoisotopic (exact) mass is 382 g/mol. The van der Waals surface area contributed by atoms with Gasteiger partial charge in [-0.25, -0.2) is 8.42 Å². The third kappa shape index (κ3) is 8.05. The van der Waals surface area contributed by atoms with Gasteiger partial charge < -0.3 is 10.1 Å². The zero-order valence-electron chi connectivity index (χ0n) is 15.7. The van der Waals surface area contributed by atoms with Crippen LogP contribution in [0.15, 0.2) is 29.3 Å². The van der Waals surface area contributed by atoms with E-state index in [0.717, 1.165) is 25.0 Å². The van der Waals surface area contributed by atoms with Gasteiger partial charge in [0.1, 0.15) is 5.75 Å². The zero-order chi connectivity index (χ0) is 18.8. The molecule has 7 nitrogen and oxygen atoms in total. The average molecular weight is 383 g/mol. The topological polar surface area (TPSA) is 83.0 Å². The molecular formula is C18H30N4O3S. The van der Waals surface area contributed by atoms with E-state index in [-0.39, 0.29) is 5.96 Å². The van der Waals surface area contributed by atoms with Crippen molar-refractivity contribution in [3.8, 4) is 5.75 Å². The summed E-state index contributed by atoms with van der Waals surface area (Å²) in [4.78, 5) is 6.36. The second-order valence-electron chi connectivity index (χ2n) is 6.56. The largest absolute Gasteiger partial charge is 0.494 e. The van der Waals surface area contributed by atoms with Crippen LogP contribution in [0, 0.1) is 0 Å². The molecule has 1 heterocycles. The Bertz CT molecular complexity index is 685. The lowest BCUT2D eigenvalue weighted by atomic mass is 10.1. The van der Waals surface area contributed by atoms with Crippen LogP contribution >= 0.6 is 0 Å². The van der Waals surface area contributed by atoms with Gasteiger partial charge in [0.15, 0.2) is 0 Å². The number of likely N-dealkylation sites (tertiary alicyclic amines) is 1. The summed E-state index contributed by atoms with van der Waals surface area (Å²) in [5.74, 6) is 1.12. The molecule has 1 aliphatic heterocycles. The Balaban J connectivity index is 1.70. The minimum Gasteiger partial charge on any atom is -0.494 e. The quantitative estimate of drug-likeness (QED) is 0.405. The fourth-order valence-corrected chi connectivity index (χ4v) is 3.43. The number of hydrogen-bond donors (Lipinski definition) is 2. The molecule has 1 fully saturated rings. The van der Waals surface area contributed by atoms with Crippen LogP contribution in [-0.4, -0.2) is 58.8 Å². The van der Waals surface area contributed by atoms with E-state index in [1.807, 2.05) is 12.1 Å². The number of guanidine groups is 1. The average Bonchev–Trinajstić information content (AvgIpc) is 2.60. The summed E-state index contributed by atoms with van der Waals surface area (Å²) in [7, 11) is -1.78. The molecule has 0 bridgehead atoms. The smallest absolute Gasteiger partial charge is 0.232 e. The molecule has 146 valence electrons. The summed E-state index contributed by atoms with van der Waals surface area (Å²) in [6.07, 6.45) is 5.76. The lowest BCUT2D eigenvalue weighted by Gasteiger charge is -2.26.